The summed E-state index contributed by atoms with van der Waals surface area (Å²) >= 11 is 0. The summed E-state index contributed by atoms with van der Waals surface area (Å²) in [5, 5.41) is 0. The third-order valence-corrected chi connectivity index (χ3v) is 9.31. The predicted octanol–water partition coefficient (Wildman–Crippen LogP) is 5.84. The van der Waals surface area contributed by atoms with E-state index in [1.54, 1.807) is 24.3 Å². The quantitative estimate of drug-likeness (QED) is 0.359. The van der Waals surface area contributed by atoms with Crippen LogP contribution in [0.2, 0.25) is 0 Å². The van der Waals surface area contributed by atoms with Crippen molar-refractivity contribution in [1.29, 1.82) is 0 Å². The molecule has 0 spiro atoms. The fourth-order valence-electron chi connectivity index (χ4n) is 5.37. The first-order valence-electron chi connectivity index (χ1n) is 12.8. The van der Waals surface area contributed by atoms with Gasteiger partial charge in [-0.1, -0.05) is 72.8 Å². The zero-order valence-electron chi connectivity index (χ0n) is 20.3. The van der Waals surface area contributed by atoms with Crippen molar-refractivity contribution in [3.8, 4) is 0 Å². The highest BCUT2D eigenvalue weighted by Crippen LogP contribution is 2.45. The van der Waals surface area contributed by atoms with Crippen LogP contribution in [-0.4, -0.2) is 38.3 Å². The molecule has 3 aromatic rings. The lowest BCUT2D eigenvalue weighted by molar-refractivity contribution is -0.0165. The Balaban J connectivity index is 1.23. The molecule has 1 aliphatic heterocycles. The van der Waals surface area contributed by atoms with Gasteiger partial charge in [-0.05, 0) is 79.4 Å². The van der Waals surface area contributed by atoms with Crippen molar-refractivity contribution in [1.82, 2.24) is 4.90 Å². The van der Waals surface area contributed by atoms with Crippen molar-refractivity contribution < 1.29 is 13.2 Å². The van der Waals surface area contributed by atoms with Crippen molar-refractivity contribution in [2.45, 2.75) is 55.8 Å². The average molecular weight is 490 g/mol. The number of ether oxygens (including phenoxy) is 1. The van der Waals surface area contributed by atoms with Gasteiger partial charge in [-0.15, -0.1) is 0 Å². The molecular weight excluding hydrogens is 454 g/mol. The Morgan fingerprint density at radius 2 is 1.43 bits per heavy atom. The lowest BCUT2D eigenvalue weighted by atomic mass is 9.69. The molecule has 0 aromatic heterocycles. The molecule has 0 N–H and O–H groups in total. The molecule has 184 valence electrons. The van der Waals surface area contributed by atoms with Crippen molar-refractivity contribution in [3.63, 3.8) is 0 Å². The Labute approximate surface area is 209 Å². The van der Waals surface area contributed by atoms with Crippen LogP contribution in [-0.2, 0) is 27.7 Å². The van der Waals surface area contributed by atoms with Crippen LogP contribution in [0.5, 0.6) is 0 Å². The Morgan fingerprint density at radius 3 is 2.09 bits per heavy atom. The van der Waals surface area contributed by atoms with Gasteiger partial charge in [0.05, 0.1) is 23.4 Å². The van der Waals surface area contributed by atoms with E-state index in [-0.39, 0.29) is 17.8 Å². The van der Waals surface area contributed by atoms with Gasteiger partial charge >= 0.3 is 0 Å². The number of nitrogens with zero attached hydrogens (tertiary/aromatic N) is 1. The topological polar surface area (TPSA) is 46.6 Å². The van der Waals surface area contributed by atoms with Crippen LogP contribution < -0.4 is 0 Å². The number of benzene rings is 3. The van der Waals surface area contributed by atoms with Gasteiger partial charge in [0.25, 0.3) is 0 Å². The molecular formula is C30H35NO3S. The molecule has 35 heavy (non-hydrogen) atoms. The van der Waals surface area contributed by atoms with Crippen LogP contribution in [0.3, 0.4) is 0 Å². The number of hydrogen-bond acceptors (Lipinski definition) is 4. The third kappa shape index (κ3) is 6.21. The van der Waals surface area contributed by atoms with E-state index in [2.05, 4.69) is 29.2 Å². The summed E-state index contributed by atoms with van der Waals surface area (Å²) in [5.74, 6) is 0.741. The molecule has 1 aliphatic carbocycles. The largest absolute Gasteiger partial charge is 0.372 e. The third-order valence-electron chi connectivity index (χ3n) is 7.55. The molecule has 2 aliphatic rings. The summed E-state index contributed by atoms with van der Waals surface area (Å²) in [7, 11) is -3.41. The highest BCUT2D eigenvalue weighted by Gasteiger charge is 2.39. The minimum absolute atomic E-state index is 0.0238. The summed E-state index contributed by atoms with van der Waals surface area (Å²) in [4.78, 5) is 2.90. The zero-order valence-corrected chi connectivity index (χ0v) is 21.1. The number of likely N-dealkylation sites (tertiary alicyclic amines) is 1. The van der Waals surface area contributed by atoms with E-state index in [9.17, 15) is 8.42 Å². The van der Waals surface area contributed by atoms with E-state index in [0.717, 1.165) is 24.9 Å². The number of sulfone groups is 1. The molecule has 1 saturated heterocycles. The molecule has 5 heteroatoms. The smallest absolute Gasteiger partial charge is 0.180 e. The highest BCUT2D eigenvalue weighted by molar-refractivity contribution is 7.91. The maximum Gasteiger partial charge on any atom is 0.180 e. The van der Waals surface area contributed by atoms with Crippen molar-refractivity contribution in [2.75, 3.05) is 18.8 Å². The Kier molecular flexibility index (Phi) is 7.66. The van der Waals surface area contributed by atoms with Gasteiger partial charge in [-0.2, -0.15) is 0 Å². The predicted molar refractivity (Wildman–Crippen MR) is 140 cm³/mol. The Hall–Kier alpha value is -2.47. The highest BCUT2D eigenvalue weighted by atomic mass is 32.2. The number of hydrogen-bond donors (Lipinski definition) is 0. The van der Waals surface area contributed by atoms with Crippen LogP contribution in [0, 0.1) is 5.92 Å². The lowest BCUT2D eigenvalue weighted by Crippen LogP contribution is -2.39. The van der Waals surface area contributed by atoms with Crippen molar-refractivity contribution in [3.05, 3.63) is 102 Å². The van der Waals surface area contributed by atoms with Gasteiger partial charge in [-0.3, -0.25) is 4.90 Å². The van der Waals surface area contributed by atoms with Gasteiger partial charge in [0.2, 0.25) is 0 Å². The Morgan fingerprint density at radius 1 is 0.800 bits per heavy atom. The average Bonchev–Trinajstić information content (AvgIpc) is 3.37. The molecule has 3 aromatic carbocycles. The van der Waals surface area contributed by atoms with Crippen molar-refractivity contribution >= 4 is 9.84 Å². The molecule has 0 bridgehead atoms. The maximum absolute atomic E-state index is 13.1. The van der Waals surface area contributed by atoms with Gasteiger partial charge < -0.3 is 4.74 Å². The van der Waals surface area contributed by atoms with Gasteiger partial charge in [0.15, 0.2) is 9.84 Å². The van der Waals surface area contributed by atoms with E-state index in [1.165, 1.54) is 37.1 Å². The minimum atomic E-state index is -3.41. The molecule has 1 atom stereocenters. The fraction of sp³-hybridized carbons (Fsp3) is 0.400. The second-order valence-electron chi connectivity index (χ2n) is 10.1. The standard InChI is InChI=1S/C30H35NO3S/c32-35(33,29-11-5-2-6-12-29)23-30(34-22-25-9-3-1-4-10-25)28-19-27(20-28)26-15-13-24(14-16-26)21-31-17-7-8-18-31/h1-6,9-16,27-28,30H,7-8,17-23H2. The van der Waals surface area contributed by atoms with Crippen LogP contribution >= 0.6 is 0 Å². The second kappa shape index (κ2) is 11.1. The molecule has 5 rings (SSSR count). The van der Waals surface area contributed by atoms with E-state index in [0.29, 0.717) is 17.4 Å². The lowest BCUT2D eigenvalue weighted by Gasteiger charge is -2.40. The van der Waals surface area contributed by atoms with Gasteiger partial charge in [0.1, 0.15) is 0 Å². The van der Waals surface area contributed by atoms with Crippen molar-refractivity contribution in [2.24, 2.45) is 5.92 Å². The summed E-state index contributed by atoms with van der Waals surface area (Å²) in [5.41, 5.74) is 3.81. The van der Waals surface area contributed by atoms with Crippen LogP contribution in [0.1, 0.15) is 48.3 Å². The van der Waals surface area contributed by atoms with Crippen LogP contribution in [0.4, 0.5) is 0 Å². The van der Waals surface area contributed by atoms with Crippen LogP contribution in [0.25, 0.3) is 0 Å². The van der Waals surface area contributed by atoms with Gasteiger partial charge in [-0.25, -0.2) is 8.42 Å². The molecule has 0 amide bonds. The summed E-state index contributed by atoms with van der Waals surface area (Å²) < 4.78 is 32.6. The SMILES string of the molecule is O=S(=O)(CC(OCc1ccccc1)C1CC(c2ccc(CN3CCCC3)cc2)C1)c1ccccc1. The summed E-state index contributed by atoms with van der Waals surface area (Å²) in [6.07, 6.45) is 4.25. The zero-order chi connectivity index (χ0) is 24.1. The monoisotopic (exact) mass is 489 g/mol. The van der Waals surface area contributed by atoms with E-state index >= 15 is 0 Å². The van der Waals surface area contributed by atoms with Gasteiger partial charge in [0, 0.05) is 6.54 Å². The summed E-state index contributed by atoms with van der Waals surface area (Å²) in [6.45, 7) is 3.90. The Bertz CT molecular complexity index is 1170. The molecule has 1 heterocycles. The molecule has 0 radical (unpaired) electrons. The fourth-order valence-corrected chi connectivity index (χ4v) is 6.93. The maximum atomic E-state index is 13.1. The van der Waals surface area contributed by atoms with E-state index < -0.39 is 9.84 Å². The molecule has 2 fully saturated rings. The molecule has 1 unspecified atom stereocenters. The first-order chi connectivity index (χ1) is 17.1. The molecule has 4 nitrogen and oxygen atoms in total. The minimum Gasteiger partial charge on any atom is -0.372 e. The van der Waals surface area contributed by atoms with Crippen LogP contribution in [0.15, 0.2) is 89.8 Å². The normalized spacial score (nSPS) is 21.5. The van der Waals surface area contributed by atoms with E-state index in [4.69, 9.17) is 4.74 Å². The first kappa shape index (κ1) is 24.2. The summed E-state index contributed by atoms with van der Waals surface area (Å²) in [6, 6.07) is 27.8. The number of rotatable bonds is 10. The first-order valence-corrected chi connectivity index (χ1v) is 14.5. The second-order valence-corrected chi connectivity index (χ2v) is 12.1. The van der Waals surface area contributed by atoms with E-state index in [1.807, 2.05) is 36.4 Å². The molecule has 1 saturated carbocycles.